The standard InChI is InChI=1S/C15H13BrFNO3/c1-20-9-6-10(16)14(13(7-9)21-2)15(19)8-3-4-11(17)12(18)5-8/h3-7H,18H2,1-2H3. The van der Waals surface area contributed by atoms with Gasteiger partial charge in [-0.2, -0.15) is 0 Å². The van der Waals surface area contributed by atoms with Gasteiger partial charge in [0.05, 0.1) is 25.5 Å². The molecule has 0 heterocycles. The first-order valence-electron chi connectivity index (χ1n) is 5.99. The Morgan fingerprint density at radius 1 is 1.19 bits per heavy atom. The van der Waals surface area contributed by atoms with Crippen molar-refractivity contribution in [3.63, 3.8) is 0 Å². The van der Waals surface area contributed by atoms with Crippen LogP contribution in [0.2, 0.25) is 0 Å². The molecule has 0 spiro atoms. The average Bonchev–Trinajstić information content (AvgIpc) is 2.48. The summed E-state index contributed by atoms with van der Waals surface area (Å²) >= 11 is 3.32. The number of carbonyl (C=O) groups excluding carboxylic acids is 1. The molecule has 2 aromatic carbocycles. The molecule has 6 heteroatoms. The van der Waals surface area contributed by atoms with Gasteiger partial charge in [-0.25, -0.2) is 4.39 Å². The molecule has 2 N–H and O–H groups in total. The van der Waals surface area contributed by atoms with Crippen molar-refractivity contribution in [3.05, 3.63) is 51.7 Å². The zero-order valence-corrected chi connectivity index (χ0v) is 13.0. The van der Waals surface area contributed by atoms with E-state index in [1.807, 2.05) is 0 Å². The minimum absolute atomic E-state index is 0.0792. The molecular formula is C15H13BrFNO3. The van der Waals surface area contributed by atoms with E-state index in [-0.39, 0.29) is 17.0 Å². The van der Waals surface area contributed by atoms with Gasteiger partial charge in [0.25, 0.3) is 0 Å². The largest absolute Gasteiger partial charge is 0.497 e. The summed E-state index contributed by atoms with van der Waals surface area (Å²) in [6.07, 6.45) is 0. The Labute approximate surface area is 129 Å². The Bertz CT molecular complexity index is 704. The molecule has 0 saturated carbocycles. The summed E-state index contributed by atoms with van der Waals surface area (Å²) in [5.74, 6) is 0.0170. The van der Waals surface area contributed by atoms with Crippen LogP contribution in [0.5, 0.6) is 11.5 Å². The third-order valence-electron chi connectivity index (χ3n) is 2.97. The predicted molar refractivity (Wildman–Crippen MR) is 81.5 cm³/mol. The number of ether oxygens (including phenoxy) is 2. The van der Waals surface area contributed by atoms with Crippen LogP contribution < -0.4 is 15.2 Å². The van der Waals surface area contributed by atoms with Crippen LogP contribution >= 0.6 is 15.9 Å². The molecule has 0 bridgehead atoms. The van der Waals surface area contributed by atoms with Gasteiger partial charge in [-0.15, -0.1) is 0 Å². The third kappa shape index (κ3) is 3.00. The van der Waals surface area contributed by atoms with Crippen LogP contribution in [-0.4, -0.2) is 20.0 Å². The summed E-state index contributed by atoms with van der Waals surface area (Å²) < 4.78 is 24.1. The number of rotatable bonds is 4. The van der Waals surface area contributed by atoms with Crippen LogP contribution in [0.15, 0.2) is 34.8 Å². The van der Waals surface area contributed by atoms with Gasteiger partial charge in [-0.3, -0.25) is 4.79 Å². The molecule has 0 aliphatic rings. The molecule has 0 unspecified atom stereocenters. The van der Waals surface area contributed by atoms with E-state index in [2.05, 4.69) is 15.9 Å². The number of methoxy groups -OCH3 is 2. The Morgan fingerprint density at radius 3 is 2.48 bits per heavy atom. The number of ketones is 1. The van der Waals surface area contributed by atoms with Gasteiger partial charge in [0.1, 0.15) is 17.3 Å². The molecule has 4 nitrogen and oxygen atoms in total. The molecule has 2 aromatic rings. The fourth-order valence-electron chi connectivity index (χ4n) is 1.89. The Balaban J connectivity index is 2.54. The van der Waals surface area contributed by atoms with E-state index in [9.17, 15) is 9.18 Å². The number of nitrogens with two attached hydrogens (primary N) is 1. The van der Waals surface area contributed by atoms with Crippen LogP contribution in [0, 0.1) is 5.82 Å². The summed E-state index contributed by atoms with van der Waals surface area (Å²) in [6, 6.07) is 7.10. The van der Waals surface area contributed by atoms with Gasteiger partial charge in [0, 0.05) is 16.1 Å². The summed E-state index contributed by atoms with van der Waals surface area (Å²) in [5.41, 5.74) is 6.02. The van der Waals surface area contributed by atoms with Crippen LogP contribution in [-0.2, 0) is 0 Å². The van der Waals surface area contributed by atoms with Gasteiger partial charge >= 0.3 is 0 Å². The van der Waals surface area contributed by atoms with E-state index < -0.39 is 5.82 Å². The van der Waals surface area contributed by atoms with E-state index in [4.69, 9.17) is 15.2 Å². The highest BCUT2D eigenvalue weighted by atomic mass is 79.9. The van der Waals surface area contributed by atoms with E-state index in [1.54, 1.807) is 12.1 Å². The minimum Gasteiger partial charge on any atom is -0.497 e. The predicted octanol–water partition coefficient (Wildman–Crippen LogP) is 3.42. The normalized spacial score (nSPS) is 10.3. The smallest absolute Gasteiger partial charge is 0.197 e. The summed E-state index contributed by atoms with van der Waals surface area (Å²) in [5, 5.41) is 0. The van der Waals surface area contributed by atoms with E-state index >= 15 is 0 Å². The first kappa shape index (κ1) is 15.3. The van der Waals surface area contributed by atoms with Gasteiger partial charge in [-0.1, -0.05) is 0 Å². The lowest BCUT2D eigenvalue weighted by Crippen LogP contribution is -2.07. The summed E-state index contributed by atoms with van der Waals surface area (Å²) in [6.45, 7) is 0. The third-order valence-corrected chi connectivity index (χ3v) is 3.59. The van der Waals surface area contributed by atoms with Crippen molar-refractivity contribution in [3.8, 4) is 11.5 Å². The lowest BCUT2D eigenvalue weighted by molar-refractivity contribution is 0.103. The highest BCUT2D eigenvalue weighted by molar-refractivity contribution is 9.10. The van der Waals surface area contributed by atoms with E-state index in [0.29, 0.717) is 21.5 Å². The lowest BCUT2D eigenvalue weighted by Gasteiger charge is -2.12. The Kier molecular flexibility index (Phi) is 4.47. The van der Waals surface area contributed by atoms with Crippen LogP contribution in [0.1, 0.15) is 15.9 Å². The fourth-order valence-corrected chi connectivity index (χ4v) is 2.49. The zero-order chi connectivity index (χ0) is 15.6. The van der Waals surface area contributed by atoms with Gasteiger partial charge < -0.3 is 15.2 Å². The molecular weight excluding hydrogens is 341 g/mol. The van der Waals surface area contributed by atoms with Crippen LogP contribution in [0.3, 0.4) is 0 Å². The molecule has 110 valence electrons. The molecule has 0 aromatic heterocycles. The molecule has 0 amide bonds. The van der Waals surface area contributed by atoms with Crippen molar-refractivity contribution in [1.29, 1.82) is 0 Å². The summed E-state index contributed by atoms with van der Waals surface area (Å²) in [4.78, 5) is 12.6. The average molecular weight is 354 g/mol. The number of carbonyl (C=O) groups is 1. The number of nitrogen functional groups attached to an aromatic ring is 1. The maximum atomic E-state index is 13.2. The Hall–Kier alpha value is -2.08. The van der Waals surface area contributed by atoms with Crippen LogP contribution in [0.4, 0.5) is 10.1 Å². The maximum absolute atomic E-state index is 13.2. The molecule has 2 rings (SSSR count). The summed E-state index contributed by atoms with van der Waals surface area (Å²) in [7, 11) is 2.97. The van der Waals surface area contributed by atoms with Gasteiger partial charge in [0.15, 0.2) is 5.78 Å². The fraction of sp³-hybridized carbons (Fsp3) is 0.133. The highest BCUT2D eigenvalue weighted by Gasteiger charge is 2.20. The number of benzene rings is 2. The molecule has 0 saturated heterocycles. The quantitative estimate of drug-likeness (QED) is 0.675. The zero-order valence-electron chi connectivity index (χ0n) is 11.4. The SMILES string of the molecule is COc1cc(Br)c(C(=O)c2ccc(F)c(N)c2)c(OC)c1. The number of anilines is 1. The van der Waals surface area contributed by atoms with Crippen LogP contribution in [0.25, 0.3) is 0 Å². The second kappa shape index (κ2) is 6.13. The minimum atomic E-state index is -0.563. The van der Waals surface area contributed by atoms with Crippen molar-refractivity contribution >= 4 is 27.4 Å². The van der Waals surface area contributed by atoms with Gasteiger partial charge in [-0.05, 0) is 40.2 Å². The van der Waals surface area contributed by atoms with Crippen molar-refractivity contribution in [2.45, 2.75) is 0 Å². The maximum Gasteiger partial charge on any atom is 0.197 e. The molecule has 0 aliphatic carbocycles. The molecule has 21 heavy (non-hydrogen) atoms. The molecule has 0 atom stereocenters. The molecule has 0 aliphatic heterocycles. The monoisotopic (exact) mass is 353 g/mol. The van der Waals surface area contributed by atoms with E-state index in [1.165, 1.54) is 26.4 Å². The van der Waals surface area contributed by atoms with Gasteiger partial charge in [0.2, 0.25) is 0 Å². The lowest BCUT2D eigenvalue weighted by atomic mass is 10.0. The molecule has 0 fully saturated rings. The van der Waals surface area contributed by atoms with Crippen molar-refractivity contribution in [2.75, 3.05) is 20.0 Å². The first-order chi connectivity index (χ1) is 9.97. The first-order valence-corrected chi connectivity index (χ1v) is 6.78. The highest BCUT2D eigenvalue weighted by Crippen LogP contribution is 2.34. The second-order valence-electron chi connectivity index (χ2n) is 4.25. The second-order valence-corrected chi connectivity index (χ2v) is 5.11. The topological polar surface area (TPSA) is 61.5 Å². The number of halogens is 2. The Morgan fingerprint density at radius 2 is 1.90 bits per heavy atom. The molecule has 0 radical (unpaired) electrons. The number of hydrogen-bond donors (Lipinski definition) is 1. The number of hydrogen-bond acceptors (Lipinski definition) is 4. The van der Waals surface area contributed by atoms with E-state index in [0.717, 1.165) is 6.07 Å². The van der Waals surface area contributed by atoms with Crippen molar-refractivity contribution < 1.29 is 18.7 Å². The van der Waals surface area contributed by atoms with Crippen molar-refractivity contribution in [2.24, 2.45) is 0 Å². The van der Waals surface area contributed by atoms with Crippen molar-refractivity contribution in [1.82, 2.24) is 0 Å².